The second-order valence-electron chi connectivity index (χ2n) is 7.16. The summed E-state index contributed by atoms with van der Waals surface area (Å²) in [6.45, 7) is 3.39. The first-order valence-corrected chi connectivity index (χ1v) is 10.8. The maximum atomic E-state index is 12.7. The number of hydrogen-bond donors (Lipinski definition) is 1. The Morgan fingerprint density at radius 2 is 1.86 bits per heavy atom. The second kappa shape index (κ2) is 7.40. The van der Waals surface area contributed by atoms with E-state index in [2.05, 4.69) is 9.62 Å². The van der Waals surface area contributed by atoms with Crippen LogP contribution in [0.25, 0.3) is 0 Å². The Bertz CT molecular complexity index is 981. The van der Waals surface area contributed by atoms with Gasteiger partial charge in [0.15, 0.2) is 0 Å². The van der Waals surface area contributed by atoms with E-state index >= 15 is 0 Å². The lowest BCUT2D eigenvalue weighted by Crippen LogP contribution is -2.50. The number of hydrogen-bond acceptors (Lipinski definition) is 6. The molecular weight excluding hydrogens is 380 g/mol. The standard InChI is InChI=1S/C19H22N4O4S/c24-23(25)19-13-17(28(26,27)20-15-5-2-1-3-6-15)8-9-18(19)22-12-11-21-10-4-7-16(21)14-22/h1-3,5-6,8-9,13,16,20H,4,7,10-12,14H2. The van der Waals surface area contributed by atoms with E-state index in [4.69, 9.17) is 0 Å². The maximum Gasteiger partial charge on any atom is 0.293 e. The molecule has 2 fully saturated rings. The maximum absolute atomic E-state index is 12.7. The van der Waals surface area contributed by atoms with Gasteiger partial charge in [-0.2, -0.15) is 0 Å². The molecule has 2 saturated heterocycles. The van der Waals surface area contributed by atoms with Crippen LogP contribution in [-0.4, -0.2) is 50.5 Å². The first kappa shape index (κ1) is 18.7. The van der Waals surface area contributed by atoms with Gasteiger partial charge in [0, 0.05) is 37.4 Å². The SMILES string of the molecule is O=[N+]([O-])c1cc(S(=O)(=O)Nc2ccccc2)ccc1N1CCN2CCCC2C1. The Morgan fingerprint density at radius 1 is 1.07 bits per heavy atom. The van der Waals surface area contributed by atoms with Gasteiger partial charge in [-0.25, -0.2) is 8.42 Å². The third-order valence-electron chi connectivity index (χ3n) is 5.41. The van der Waals surface area contributed by atoms with Crippen molar-refractivity contribution in [3.63, 3.8) is 0 Å². The van der Waals surface area contributed by atoms with E-state index in [-0.39, 0.29) is 10.6 Å². The number of benzene rings is 2. The van der Waals surface area contributed by atoms with E-state index in [1.54, 1.807) is 36.4 Å². The molecule has 148 valence electrons. The number of piperazine rings is 1. The number of sulfonamides is 1. The highest BCUT2D eigenvalue weighted by Gasteiger charge is 2.33. The molecule has 1 N–H and O–H groups in total. The minimum atomic E-state index is -3.91. The average molecular weight is 402 g/mol. The molecule has 0 spiro atoms. The van der Waals surface area contributed by atoms with E-state index in [1.807, 2.05) is 4.90 Å². The monoisotopic (exact) mass is 402 g/mol. The van der Waals surface area contributed by atoms with Crippen LogP contribution in [0.5, 0.6) is 0 Å². The van der Waals surface area contributed by atoms with Gasteiger partial charge in [-0.15, -0.1) is 0 Å². The van der Waals surface area contributed by atoms with Crippen LogP contribution in [0.15, 0.2) is 53.4 Å². The molecule has 0 aliphatic carbocycles. The van der Waals surface area contributed by atoms with E-state index < -0.39 is 14.9 Å². The van der Waals surface area contributed by atoms with Crippen LogP contribution >= 0.6 is 0 Å². The summed E-state index contributed by atoms with van der Waals surface area (Å²) >= 11 is 0. The lowest BCUT2D eigenvalue weighted by atomic mass is 10.1. The van der Waals surface area contributed by atoms with Gasteiger partial charge in [0.25, 0.3) is 15.7 Å². The normalized spacial score (nSPS) is 20.0. The van der Waals surface area contributed by atoms with E-state index in [0.29, 0.717) is 24.0 Å². The molecule has 2 aliphatic heterocycles. The number of nitrogens with one attached hydrogen (secondary N) is 1. The lowest BCUT2D eigenvalue weighted by Gasteiger charge is -2.38. The molecule has 2 aromatic rings. The predicted molar refractivity (Wildman–Crippen MR) is 107 cm³/mol. The van der Waals surface area contributed by atoms with E-state index in [9.17, 15) is 18.5 Å². The summed E-state index contributed by atoms with van der Waals surface area (Å²) in [4.78, 5) is 15.5. The Morgan fingerprint density at radius 3 is 2.61 bits per heavy atom. The van der Waals surface area contributed by atoms with Crippen LogP contribution in [0.3, 0.4) is 0 Å². The van der Waals surface area contributed by atoms with Gasteiger partial charge in [0.1, 0.15) is 5.69 Å². The molecule has 28 heavy (non-hydrogen) atoms. The van der Waals surface area contributed by atoms with Gasteiger partial charge in [0.05, 0.1) is 9.82 Å². The minimum absolute atomic E-state index is 0.119. The zero-order valence-electron chi connectivity index (χ0n) is 15.3. The third kappa shape index (κ3) is 3.67. The van der Waals surface area contributed by atoms with Crippen molar-refractivity contribution in [3.8, 4) is 0 Å². The summed E-state index contributed by atoms with van der Waals surface area (Å²) in [5.41, 5.74) is 0.712. The lowest BCUT2D eigenvalue weighted by molar-refractivity contribution is -0.384. The molecule has 0 aromatic heterocycles. The molecule has 4 rings (SSSR count). The van der Waals surface area contributed by atoms with Crippen molar-refractivity contribution in [2.45, 2.75) is 23.8 Å². The first-order chi connectivity index (χ1) is 13.4. The zero-order chi connectivity index (χ0) is 19.7. The molecule has 1 atom stereocenters. The fourth-order valence-electron chi connectivity index (χ4n) is 4.01. The second-order valence-corrected chi connectivity index (χ2v) is 8.84. The Hall–Kier alpha value is -2.65. The van der Waals surface area contributed by atoms with Crippen LogP contribution in [-0.2, 0) is 10.0 Å². The van der Waals surface area contributed by atoms with Crippen molar-refractivity contribution >= 4 is 27.1 Å². The van der Waals surface area contributed by atoms with Crippen molar-refractivity contribution in [2.75, 3.05) is 35.8 Å². The molecule has 9 heteroatoms. The average Bonchev–Trinajstić information content (AvgIpc) is 3.15. The largest absolute Gasteiger partial charge is 0.363 e. The molecule has 1 unspecified atom stereocenters. The summed E-state index contributed by atoms with van der Waals surface area (Å²) in [5, 5.41) is 11.7. The summed E-state index contributed by atoms with van der Waals surface area (Å²) in [6.07, 6.45) is 2.25. The summed E-state index contributed by atoms with van der Waals surface area (Å²) in [7, 11) is -3.91. The highest BCUT2D eigenvalue weighted by Crippen LogP contribution is 2.34. The van der Waals surface area contributed by atoms with Crippen LogP contribution in [0, 0.1) is 10.1 Å². The smallest absolute Gasteiger partial charge is 0.293 e. The third-order valence-corrected chi connectivity index (χ3v) is 6.79. The predicted octanol–water partition coefficient (Wildman–Crippen LogP) is 2.68. The first-order valence-electron chi connectivity index (χ1n) is 9.29. The van der Waals surface area contributed by atoms with Gasteiger partial charge in [-0.1, -0.05) is 18.2 Å². The Labute approximate surface area is 164 Å². The van der Waals surface area contributed by atoms with Crippen LogP contribution < -0.4 is 9.62 Å². The number of nitro groups is 1. The van der Waals surface area contributed by atoms with E-state index in [0.717, 1.165) is 38.5 Å². The zero-order valence-corrected chi connectivity index (χ0v) is 16.1. The quantitative estimate of drug-likeness (QED) is 0.610. The van der Waals surface area contributed by atoms with Gasteiger partial charge in [-0.3, -0.25) is 19.7 Å². The summed E-state index contributed by atoms with van der Waals surface area (Å²) in [6, 6.07) is 13.0. The van der Waals surface area contributed by atoms with Crippen LogP contribution in [0.1, 0.15) is 12.8 Å². The van der Waals surface area contributed by atoms with Crippen LogP contribution in [0.4, 0.5) is 17.1 Å². The topological polar surface area (TPSA) is 95.8 Å². The number of para-hydroxylation sites is 1. The van der Waals surface area contributed by atoms with Crippen molar-refractivity contribution < 1.29 is 13.3 Å². The molecule has 8 nitrogen and oxygen atoms in total. The van der Waals surface area contributed by atoms with Crippen LogP contribution in [0.2, 0.25) is 0 Å². The molecule has 2 heterocycles. The molecule has 2 aromatic carbocycles. The van der Waals surface area contributed by atoms with Crippen molar-refractivity contribution in [1.29, 1.82) is 0 Å². The summed E-state index contributed by atoms with van der Waals surface area (Å²) in [5.74, 6) is 0. The minimum Gasteiger partial charge on any atom is -0.363 e. The van der Waals surface area contributed by atoms with E-state index in [1.165, 1.54) is 6.07 Å². The Balaban J connectivity index is 1.63. The van der Waals surface area contributed by atoms with Crippen molar-refractivity contribution in [1.82, 2.24) is 4.90 Å². The highest BCUT2D eigenvalue weighted by atomic mass is 32.2. The highest BCUT2D eigenvalue weighted by molar-refractivity contribution is 7.92. The van der Waals surface area contributed by atoms with Gasteiger partial charge in [0.2, 0.25) is 0 Å². The molecule has 0 amide bonds. The van der Waals surface area contributed by atoms with Gasteiger partial charge < -0.3 is 4.90 Å². The molecule has 0 radical (unpaired) electrons. The molecule has 0 bridgehead atoms. The van der Waals surface area contributed by atoms with Gasteiger partial charge >= 0.3 is 0 Å². The number of rotatable bonds is 5. The number of anilines is 2. The Kier molecular flexibility index (Phi) is 4.94. The summed E-state index contributed by atoms with van der Waals surface area (Å²) < 4.78 is 27.8. The van der Waals surface area contributed by atoms with Crippen molar-refractivity contribution in [2.24, 2.45) is 0 Å². The molecular formula is C19H22N4O4S. The molecule has 2 aliphatic rings. The number of fused-ring (bicyclic) bond motifs is 1. The van der Waals surface area contributed by atoms with Gasteiger partial charge in [-0.05, 0) is 43.7 Å². The fourth-order valence-corrected chi connectivity index (χ4v) is 5.09. The number of nitro benzene ring substituents is 1. The van der Waals surface area contributed by atoms with Crippen molar-refractivity contribution in [3.05, 3.63) is 58.6 Å². The molecule has 0 saturated carbocycles. The number of nitrogens with zero attached hydrogens (tertiary/aromatic N) is 3. The fraction of sp³-hybridized carbons (Fsp3) is 0.368.